The van der Waals surface area contributed by atoms with Gasteiger partial charge in [-0.3, -0.25) is 9.82 Å². The summed E-state index contributed by atoms with van der Waals surface area (Å²) in [5.74, 6) is 1.27. The van der Waals surface area contributed by atoms with E-state index >= 15 is 0 Å². The first kappa shape index (κ1) is 16.3. The first-order valence-corrected chi connectivity index (χ1v) is 9.41. The minimum absolute atomic E-state index is 0.170. The Hall–Kier alpha value is -3.13. The van der Waals surface area contributed by atoms with Crippen LogP contribution in [0.5, 0.6) is 0 Å². The van der Waals surface area contributed by atoms with Gasteiger partial charge in [0.2, 0.25) is 0 Å². The number of rotatable bonds is 4. The zero-order valence-corrected chi connectivity index (χ0v) is 15.0. The highest BCUT2D eigenvalue weighted by Crippen LogP contribution is 2.25. The summed E-state index contributed by atoms with van der Waals surface area (Å²) in [7, 11) is -3.70. The maximum absolute atomic E-state index is 12.6. The molecule has 26 heavy (non-hydrogen) atoms. The van der Waals surface area contributed by atoms with Crippen LogP contribution >= 0.6 is 0 Å². The van der Waals surface area contributed by atoms with Crippen LogP contribution in [0.25, 0.3) is 22.2 Å². The Kier molecular flexibility index (Phi) is 3.77. The molecule has 0 bridgehead atoms. The molecule has 132 valence electrons. The lowest BCUT2D eigenvalue weighted by atomic mass is 10.1. The van der Waals surface area contributed by atoms with E-state index in [1.54, 1.807) is 55.6 Å². The predicted octanol–water partition coefficient (Wildman–Crippen LogP) is 3.64. The normalized spacial score (nSPS) is 11.8. The molecule has 2 aromatic heterocycles. The summed E-state index contributed by atoms with van der Waals surface area (Å²) in [6.45, 7) is 3.60. The third kappa shape index (κ3) is 2.95. The second-order valence-corrected chi connectivity index (χ2v) is 7.62. The molecule has 0 saturated heterocycles. The van der Waals surface area contributed by atoms with E-state index < -0.39 is 10.0 Å². The van der Waals surface area contributed by atoms with Gasteiger partial charge >= 0.3 is 0 Å². The minimum atomic E-state index is -3.70. The molecule has 0 radical (unpaired) electrons. The SMILES string of the molecule is Cc1nc(-c2ccc(S(=O)(=O)Nc3ccc4cn[nH]c4c3)cc2)c(C)o1. The number of oxazole rings is 1. The van der Waals surface area contributed by atoms with Crippen molar-refractivity contribution in [3.8, 4) is 11.3 Å². The van der Waals surface area contributed by atoms with E-state index in [0.717, 1.165) is 16.5 Å². The van der Waals surface area contributed by atoms with Crippen LogP contribution in [-0.4, -0.2) is 23.6 Å². The van der Waals surface area contributed by atoms with Gasteiger partial charge in [0.15, 0.2) is 5.89 Å². The molecule has 0 amide bonds. The number of benzene rings is 2. The predicted molar refractivity (Wildman–Crippen MR) is 98.3 cm³/mol. The lowest BCUT2D eigenvalue weighted by Gasteiger charge is -2.08. The van der Waals surface area contributed by atoms with Gasteiger partial charge in [-0.25, -0.2) is 13.4 Å². The summed E-state index contributed by atoms with van der Waals surface area (Å²) in [6, 6.07) is 11.7. The number of H-pyrrole nitrogens is 1. The fourth-order valence-electron chi connectivity index (χ4n) is 2.80. The number of anilines is 1. The molecule has 0 aliphatic heterocycles. The summed E-state index contributed by atoms with van der Waals surface area (Å²) in [4.78, 5) is 4.49. The third-order valence-corrected chi connectivity index (χ3v) is 5.43. The summed E-state index contributed by atoms with van der Waals surface area (Å²) >= 11 is 0. The van der Waals surface area contributed by atoms with E-state index in [2.05, 4.69) is 19.9 Å². The lowest BCUT2D eigenvalue weighted by molar-refractivity contribution is 0.495. The highest BCUT2D eigenvalue weighted by molar-refractivity contribution is 7.92. The van der Waals surface area contributed by atoms with E-state index in [9.17, 15) is 8.42 Å². The minimum Gasteiger partial charge on any atom is -0.446 e. The van der Waals surface area contributed by atoms with Gasteiger partial charge < -0.3 is 4.42 Å². The average molecular weight is 368 g/mol. The molecular weight excluding hydrogens is 352 g/mol. The maximum atomic E-state index is 12.6. The summed E-state index contributed by atoms with van der Waals surface area (Å²) in [6.07, 6.45) is 1.68. The van der Waals surface area contributed by atoms with Crippen molar-refractivity contribution >= 4 is 26.6 Å². The number of nitrogens with one attached hydrogen (secondary N) is 2. The molecule has 0 fully saturated rings. The fraction of sp³-hybridized carbons (Fsp3) is 0.111. The first-order valence-electron chi connectivity index (χ1n) is 7.93. The topological polar surface area (TPSA) is 101 Å². The zero-order valence-electron chi connectivity index (χ0n) is 14.1. The number of aryl methyl sites for hydroxylation is 2. The molecule has 2 aromatic carbocycles. The van der Waals surface area contributed by atoms with Gasteiger partial charge in [-0.15, -0.1) is 0 Å². The van der Waals surface area contributed by atoms with E-state index in [0.29, 0.717) is 23.0 Å². The molecule has 0 aliphatic carbocycles. The molecule has 7 nitrogen and oxygen atoms in total. The van der Waals surface area contributed by atoms with Gasteiger partial charge in [-0.2, -0.15) is 5.10 Å². The maximum Gasteiger partial charge on any atom is 0.261 e. The Morgan fingerprint density at radius 1 is 1.08 bits per heavy atom. The highest BCUT2D eigenvalue weighted by atomic mass is 32.2. The van der Waals surface area contributed by atoms with Crippen molar-refractivity contribution in [2.24, 2.45) is 0 Å². The molecular formula is C18H16N4O3S. The number of hydrogen-bond acceptors (Lipinski definition) is 5. The molecule has 4 aromatic rings. The molecule has 0 saturated carbocycles. The number of sulfonamides is 1. The average Bonchev–Trinajstić information content (AvgIpc) is 3.20. The molecule has 0 aliphatic rings. The highest BCUT2D eigenvalue weighted by Gasteiger charge is 2.16. The Labute approximate surface area is 150 Å². The van der Waals surface area contributed by atoms with Crippen LogP contribution in [0.15, 0.2) is 58.0 Å². The van der Waals surface area contributed by atoms with Gasteiger partial charge in [-0.05, 0) is 37.3 Å². The van der Waals surface area contributed by atoms with Crippen LogP contribution in [0.2, 0.25) is 0 Å². The van der Waals surface area contributed by atoms with Crippen LogP contribution in [0, 0.1) is 13.8 Å². The van der Waals surface area contributed by atoms with Gasteiger partial charge in [0, 0.05) is 17.9 Å². The van der Waals surface area contributed by atoms with E-state index in [1.165, 1.54) is 0 Å². The number of aromatic amines is 1. The number of nitrogens with zero attached hydrogens (tertiary/aromatic N) is 2. The standard InChI is InChI=1S/C18H16N4O3S/c1-11-18(20-12(2)25-11)13-4-7-16(8-5-13)26(23,24)22-15-6-3-14-10-19-21-17(14)9-15/h3-10,22H,1-2H3,(H,19,21). The van der Waals surface area contributed by atoms with Crippen LogP contribution in [-0.2, 0) is 10.0 Å². The second-order valence-electron chi connectivity index (χ2n) is 5.94. The molecule has 0 unspecified atom stereocenters. The van der Waals surface area contributed by atoms with Gasteiger partial charge in [0.25, 0.3) is 10.0 Å². The van der Waals surface area contributed by atoms with Crippen molar-refractivity contribution in [3.05, 3.63) is 60.3 Å². The van der Waals surface area contributed by atoms with Crippen molar-refractivity contribution in [1.82, 2.24) is 15.2 Å². The molecule has 0 spiro atoms. The Bertz CT molecular complexity index is 1190. The monoisotopic (exact) mass is 368 g/mol. The molecule has 4 rings (SSSR count). The summed E-state index contributed by atoms with van der Waals surface area (Å²) in [5.41, 5.74) is 2.74. The Morgan fingerprint density at radius 2 is 1.85 bits per heavy atom. The molecule has 2 heterocycles. The van der Waals surface area contributed by atoms with Crippen molar-refractivity contribution in [2.75, 3.05) is 4.72 Å². The van der Waals surface area contributed by atoms with Crippen molar-refractivity contribution in [3.63, 3.8) is 0 Å². The van der Waals surface area contributed by atoms with E-state index in [1.807, 2.05) is 6.92 Å². The van der Waals surface area contributed by atoms with Crippen LogP contribution in [0.3, 0.4) is 0 Å². The molecule has 8 heteroatoms. The van der Waals surface area contributed by atoms with E-state index in [4.69, 9.17) is 4.42 Å². The zero-order chi connectivity index (χ0) is 18.3. The quantitative estimate of drug-likeness (QED) is 0.573. The molecule has 2 N–H and O–H groups in total. The van der Waals surface area contributed by atoms with Gasteiger partial charge in [0.05, 0.1) is 22.3 Å². The second kappa shape index (κ2) is 5.99. The number of hydrogen-bond donors (Lipinski definition) is 2. The molecule has 0 atom stereocenters. The Balaban J connectivity index is 1.62. The number of aromatic nitrogens is 3. The van der Waals surface area contributed by atoms with Crippen molar-refractivity contribution in [2.45, 2.75) is 18.7 Å². The van der Waals surface area contributed by atoms with E-state index in [-0.39, 0.29) is 4.90 Å². The van der Waals surface area contributed by atoms with Gasteiger partial charge in [-0.1, -0.05) is 12.1 Å². The van der Waals surface area contributed by atoms with Gasteiger partial charge in [0.1, 0.15) is 11.5 Å². The Morgan fingerprint density at radius 3 is 2.54 bits per heavy atom. The fourth-order valence-corrected chi connectivity index (χ4v) is 3.85. The van der Waals surface area contributed by atoms with Crippen LogP contribution in [0.1, 0.15) is 11.7 Å². The van der Waals surface area contributed by atoms with Crippen LogP contribution < -0.4 is 4.72 Å². The summed E-state index contributed by atoms with van der Waals surface area (Å²) in [5, 5.41) is 7.66. The van der Waals surface area contributed by atoms with Crippen LogP contribution in [0.4, 0.5) is 5.69 Å². The third-order valence-electron chi connectivity index (χ3n) is 4.04. The largest absolute Gasteiger partial charge is 0.446 e. The van der Waals surface area contributed by atoms with Crippen molar-refractivity contribution in [1.29, 1.82) is 0 Å². The first-order chi connectivity index (χ1) is 12.4. The van der Waals surface area contributed by atoms with Crippen molar-refractivity contribution < 1.29 is 12.8 Å². The summed E-state index contributed by atoms with van der Waals surface area (Å²) < 4.78 is 33.3. The lowest BCUT2D eigenvalue weighted by Crippen LogP contribution is -2.12. The number of fused-ring (bicyclic) bond motifs is 1. The smallest absolute Gasteiger partial charge is 0.261 e.